The van der Waals surface area contributed by atoms with E-state index in [1.54, 1.807) is 18.1 Å². The number of benzene rings is 2. The Balaban J connectivity index is 1.76. The van der Waals surface area contributed by atoms with Crippen molar-refractivity contribution in [3.63, 3.8) is 0 Å². The Hall–Kier alpha value is -3.89. The number of anilines is 1. The van der Waals surface area contributed by atoms with Gasteiger partial charge in [-0.15, -0.1) is 0 Å². The summed E-state index contributed by atoms with van der Waals surface area (Å²) in [5.74, 6) is 0.358. The molecule has 6 nitrogen and oxygen atoms in total. The molecule has 4 aromatic rings. The van der Waals surface area contributed by atoms with E-state index in [0.29, 0.717) is 11.7 Å². The minimum Gasteiger partial charge on any atom is -0.497 e. The van der Waals surface area contributed by atoms with E-state index in [4.69, 9.17) is 9.72 Å². The number of amides is 1. The molecule has 2 aromatic carbocycles. The molecule has 0 atom stereocenters. The summed E-state index contributed by atoms with van der Waals surface area (Å²) < 4.78 is 8.47. The largest absolute Gasteiger partial charge is 0.497 e. The third-order valence-electron chi connectivity index (χ3n) is 5.95. The number of hydrogen-bond donors (Lipinski definition) is 0. The molecule has 35 heavy (non-hydrogen) atoms. The van der Waals surface area contributed by atoms with Gasteiger partial charge < -0.3 is 9.30 Å². The van der Waals surface area contributed by atoms with E-state index >= 15 is 0 Å². The predicted octanol–water partition coefficient (Wildman–Crippen LogP) is 6.27. The van der Waals surface area contributed by atoms with Crippen molar-refractivity contribution in [2.75, 3.05) is 12.0 Å². The fourth-order valence-corrected chi connectivity index (χ4v) is 5.10. The van der Waals surface area contributed by atoms with Crippen molar-refractivity contribution in [2.45, 2.75) is 40.3 Å². The standard InChI is InChI=1S/C28H28N4O2S/c1-5-13-31-19(2)14-22(20(31)3)15-23(17-29)27(33)32(18-21-9-7-6-8-10-21)28-30-25-12-11-24(34-4)16-26(25)35-28/h6-12,14-16H,5,13,18H2,1-4H3/b23-15-. The lowest BCUT2D eigenvalue weighted by Crippen LogP contribution is -2.31. The summed E-state index contributed by atoms with van der Waals surface area (Å²) in [7, 11) is 1.62. The topological polar surface area (TPSA) is 71.2 Å². The van der Waals surface area contributed by atoms with Crippen LogP contribution >= 0.6 is 11.3 Å². The molecule has 0 radical (unpaired) electrons. The number of nitrogens with zero attached hydrogens (tertiary/aromatic N) is 4. The van der Waals surface area contributed by atoms with Gasteiger partial charge in [-0.2, -0.15) is 5.26 Å². The fraction of sp³-hybridized carbons (Fsp3) is 0.250. The van der Waals surface area contributed by atoms with Gasteiger partial charge in [-0.3, -0.25) is 9.69 Å². The first-order valence-corrected chi connectivity index (χ1v) is 12.4. The van der Waals surface area contributed by atoms with Gasteiger partial charge in [-0.25, -0.2) is 4.98 Å². The van der Waals surface area contributed by atoms with Gasteiger partial charge in [0.2, 0.25) is 0 Å². The molecule has 0 fully saturated rings. The highest BCUT2D eigenvalue weighted by Gasteiger charge is 2.24. The van der Waals surface area contributed by atoms with Gasteiger partial charge in [-0.05, 0) is 61.7 Å². The van der Waals surface area contributed by atoms with Crippen molar-refractivity contribution in [2.24, 2.45) is 0 Å². The van der Waals surface area contributed by atoms with Crippen molar-refractivity contribution >= 4 is 38.7 Å². The van der Waals surface area contributed by atoms with Crippen molar-refractivity contribution in [1.29, 1.82) is 5.26 Å². The average molecular weight is 485 g/mol. The Bertz CT molecular complexity index is 1430. The Labute approximate surface area is 209 Å². The zero-order valence-electron chi connectivity index (χ0n) is 20.4. The van der Waals surface area contributed by atoms with E-state index in [9.17, 15) is 10.1 Å². The summed E-state index contributed by atoms with van der Waals surface area (Å²) in [4.78, 5) is 20.1. The molecule has 4 rings (SSSR count). The summed E-state index contributed by atoms with van der Waals surface area (Å²) in [6, 6.07) is 19.5. The second kappa shape index (κ2) is 10.6. The summed E-state index contributed by atoms with van der Waals surface area (Å²) in [5.41, 5.74) is 4.86. The van der Waals surface area contributed by atoms with Crippen LogP contribution in [-0.2, 0) is 17.9 Å². The highest BCUT2D eigenvalue weighted by molar-refractivity contribution is 7.22. The van der Waals surface area contributed by atoms with E-state index in [0.717, 1.165) is 51.4 Å². The van der Waals surface area contributed by atoms with E-state index in [1.165, 1.54) is 11.3 Å². The van der Waals surface area contributed by atoms with Crippen molar-refractivity contribution in [1.82, 2.24) is 9.55 Å². The van der Waals surface area contributed by atoms with Crippen LogP contribution < -0.4 is 9.64 Å². The lowest BCUT2D eigenvalue weighted by molar-refractivity contribution is -0.114. The van der Waals surface area contributed by atoms with Crippen LogP contribution in [0.25, 0.3) is 16.3 Å². The van der Waals surface area contributed by atoms with Crippen LogP contribution in [0.4, 0.5) is 5.13 Å². The number of carbonyl (C=O) groups excluding carboxylic acids is 1. The SMILES string of the molecule is CCCn1c(C)cc(/C=C(/C#N)C(=O)N(Cc2ccccc2)c2nc3ccc(OC)cc3s2)c1C. The quantitative estimate of drug-likeness (QED) is 0.218. The molecule has 0 spiro atoms. The number of hydrogen-bond acceptors (Lipinski definition) is 5. The Morgan fingerprint density at radius 1 is 1.20 bits per heavy atom. The van der Waals surface area contributed by atoms with Crippen molar-refractivity contribution in [3.8, 4) is 11.8 Å². The van der Waals surface area contributed by atoms with Gasteiger partial charge in [0.25, 0.3) is 5.91 Å². The third-order valence-corrected chi connectivity index (χ3v) is 7.00. The molecule has 2 heterocycles. The second-order valence-electron chi connectivity index (χ2n) is 8.35. The predicted molar refractivity (Wildman–Crippen MR) is 142 cm³/mol. The smallest absolute Gasteiger partial charge is 0.271 e. The van der Waals surface area contributed by atoms with Crippen molar-refractivity contribution < 1.29 is 9.53 Å². The zero-order valence-corrected chi connectivity index (χ0v) is 21.2. The Morgan fingerprint density at radius 3 is 2.66 bits per heavy atom. The van der Waals surface area contributed by atoms with Crippen molar-refractivity contribution in [3.05, 3.63) is 82.7 Å². The lowest BCUT2D eigenvalue weighted by atomic mass is 10.1. The highest BCUT2D eigenvalue weighted by atomic mass is 32.1. The number of methoxy groups -OCH3 is 1. The first-order chi connectivity index (χ1) is 16.9. The first kappa shape index (κ1) is 24.2. The van der Waals surface area contributed by atoms with Gasteiger partial charge >= 0.3 is 0 Å². The number of thiazole rings is 1. The number of fused-ring (bicyclic) bond motifs is 1. The molecule has 0 N–H and O–H groups in total. The average Bonchev–Trinajstić information content (AvgIpc) is 3.41. The minimum atomic E-state index is -0.373. The van der Waals surface area contributed by atoms with E-state index in [-0.39, 0.29) is 11.5 Å². The van der Waals surface area contributed by atoms with Crippen LogP contribution in [0, 0.1) is 25.2 Å². The molecule has 2 aromatic heterocycles. The molecule has 178 valence electrons. The van der Waals surface area contributed by atoms with Gasteiger partial charge in [0.05, 0.1) is 23.9 Å². The molecule has 0 aliphatic rings. The minimum absolute atomic E-state index is 0.0783. The van der Waals surface area contributed by atoms with E-state index in [2.05, 4.69) is 17.6 Å². The molecule has 0 saturated heterocycles. The number of aromatic nitrogens is 2. The highest BCUT2D eigenvalue weighted by Crippen LogP contribution is 2.33. The molecule has 7 heteroatoms. The van der Waals surface area contributed by atoms with Gasteiger partial charge in [0, 0.05) is 17.9 Å². The van der Waals surface area contributed by atoms with Gasteiger partial charge in [0.1, 0.15) is 17.4 Å². The maximum absolute atomic E-state index is 13.8. The zero-order chi connectivity index (χ0) is 24.9. The lowest BCUT2D eigenvalue weighted by Gasteiger charge is -2.19. The van der Waals surface area contributed by atoms with Crippen LogP contribution in [-0.4, -0.2) is 22.6 Å². The molecule has 0 aliphatic carbocycles. The maximum atomic E-state index is 13.8. The number of rotatable bonds is 8. The van der Waals surface area contributed by atoms with Crippen LogP contribution in [0.5, 0.6) is 5.75 Å². The van der Waals surface area contributed by atoms with E-state index < -0.39 is 0 Å². The second-order valence-corrected chi connectivity index (χ2v) is 9.36. The van der Waals surface area contributed by atoms with Crippen LogP contribution in [0.1, 0.15) is 35.9 Å². The number of nitriles is 1. The summed E-state index contributed by atoms with van der Waals surface area (Å²) >= 11 is 1.41. The monoisotopic (exact) mass is 484 g/mol. The third kappa shape index (κ3) is 5.13. The number of carbonyl (C=O) groups is 1. The van der Waals surface area contributed by atoms with Gasteiger partial charge in [-0.1, -0.05) is 48.6 Å². The molecular weight excluding hydrogens is 456 g/mol. The summed E-state index contributed by atoms with van der Waals surface area (Å²) in [6.45, 7) is 7.41. The Morgan fingerprint density at radius 2 is 1.97 bits per heavy atom. The Kier molecular flexibility index (Phi) is 7.33. The van der Waals surface area contributed by atoms with E-state index in [1.807, 2.05) is 68.4 Å². The van der Waals surface area contributed by atoms with Crippen LogP contribution in [0.15, 0.2) is 60.2 Å². The molecule has 0 saturated carbocycles. The molecule has 0 aliphatic heterocycles. The molecule has 0 unspecified atom stereocenters. The van der Waals surface area contributed by atoms with Gasteiger partial charge in [0.15, 0.2) is 5.13 Å². The normalized spacial score (nSPS) is 11.5. The molecule has 1 amide bonds. The molecular formula is C28H28N4O2S. The number of aryl methyl sites for hydroxylation is 1. The summed E-state index contributed by atoms with van der Waals surface area (Å²) in [5, 5.41) is 10.5. The maximum Gasteiger partial charge on any atom is 0.271 e. The molecule has 0 bridgehead atoms. The first-order valence-electron chi connectivity index (χ1n) is 11.5. The summed E-state index contributed by atoms with van der Waals surface area (Å²) in [6.07, 6.45) is 2.71. The van der Waals surface area contributed by atoms with Crippen LogP contribution in [0.2, 0.25) is 0 Å². The van der Waals surface area contributed by atoms with Crippen LogP contribution in [0.3, 0.4) is 0 Å². The fourth-order valence-electron chi connectivity index (χ4n) is 4.11. The number of ether oxygens (including phenoxy) is 1.